The van der Waals surface area contributed by atoms with Crippen LogP contribution in [0.4, 0.5) is 0 Å². The molecular formula is C13H18ClNO4S2. The topological polar surface area (TPSA) is 72.5 Å². The standard InChI is InChI=1S/C13H18ClNO4S2/c1-9(11-5-7-13(20-11)21(14,17)18)15-12(16)6-4-10-3-2-8-19-10/h5,7,9-10H,2-4,6,8H2,1H3,(H,15,16). The first-order valence-corrected chi connectivity index (χ1v) is 9.94. The van der Waals surface area contributed by atoms with Crippen LogP contribution in [-0.2, 0) is 18.6 Å². The Morgan fingerprint density at radius 1 is 1.57 bits per heavy atom. The molecule has 1 fully saturated rings. The van der Waals surface area contributed by atoms with E-state index in [0.29, 0.717) is 6.42 Å². The van der Waals surface area contributed by atoms with E-state index in [-0.39, 0.29) is 22.3 Å². The molecule has 1 aromatic rings. The summed E-state index contributed by atoms with van der Waals surface area (Å²) in [5, 5.41) is 2.86. The average Bonchev–Trinajstić information content (AvgIpc) is 3.07. The maximum absolute atomic E-state index is 11.9. The molecular weight excluding hydrogens is 334 g/mol. The lowest BCUT2D eigenvalue weighted by Crippen LogP contribution is -2.26. The van der Waals surface area contributed by atoms with Crippen LogP contribution >= 0.6 is 22.0 Å². The normalized spacial score (nSPS) is 20.4. The molecule has 8 heteroatoms. The van der Waals surface area contributed by atoms with Gasteiger partial charge in [-0.2, -0.15) is 0 Å². The number of amides is 1. The van der Waals surface area contributed by atoms with Crippen LogP contribution in [0.25, 0.3) is 0 Å². The van der Waals surface area contributed by atoms with Gasteiger partial charge in [-0.3, -0.25) is 4.79 Å². The third-order valence-corrected chi connectivity index (χ3v) is 6.72. The van der Waals surface area contributed by atoms with E-state index in [0.717, 1.165) is 42.1 Å². The SMILES string of the molecule is CC(NC(=O)CCC1CCCO1)c1ccc(S(=O)(=O)Cl)s1. The van der Waals surface area contributed by atoms with Gasteiger partial charge in [0.2, 0.25) is 5.91 Å². The van der Waals surface area contributed by atoms with E-state index >= 15 is 0 Å². The molecule has 2 atom stereocenters. The number of nitrogens with one attached hydrogen (secondary N) is 1. The minimum atomic E-state index is -3.70. The number of carbonyl (C=O) groups is 1. The Morgan fingerprint density at radius 2 is 2.33 bits per heavy atom. The zero-order chi connectivity index (χ0) is 15.5. The van der Waals surface area contributed by atoms with E-state index in [2.05, 4.69) is 5.32 Å². The Hall–Kier alpha value is -0.630. The minimum Gasteiger partial charge on any atom is -0.378 e. The van der Waals surface area contributed by atoms with Gasteiger partial charge >= 0.3 is 0 Å². The third-order valence-electron chi connectivity index (χ3n) is 3.36. The maximum atomic E-state index is 11.9. The van der Waals surface area contributed by atoms with Crippen molar-refractivity contribution in [1.82, 2.24) is 5.32 Å². The van der Waals surface area contributed by atoms with Crippen LogP contribution in [0.5, 0.6) is 0 Å². The van der Waals surface area contributed by atoms with E-state index in [4.69, 9.17) is 15.4 Å². The van der Waals surface area contributed by atoms with Gasteiger partial charge in [-0.25, -0.2) is 8.42 Å². The third kappa shape index (κ3) is 4.95. The minimum absolute atomic E-state index is 0.0540. The molecule has 1 aromatic heterocycles. The molecule has 0 radical (unpaired) electrons. The van der Waals surface area contributed by atoms with E-state index in [1.807, 2.05) is 6.92 Å². The first kappa shape index (κ1) is 16.7. The summed E-state index contributed by atoms with van der Waals surface area (Å²) in [5.41, 5.74) is 0. The first-order valence-electron chi connectivity index (χ1n) is 6.81. The summed E-state index contributed by atoms with van der Waals surface area (Å²) < 4.78 is 28.0. The lowest BCUT2D eigenvalue weighted by Gasteiger charge is -2.13. The molecule has 1 aliphatic heterocycles. The van der Waals surface area contributed by atoms with Crippen molar-refractivity contribution >= 4 is 37.0 Å². The highest BCUT2D eigenvalue weighted by atomic mass is 35.7. The van der Waals surface area contributed by atoms with Crippen LogP contribution in [0.1, 0.15) is 43.5 Å². The van der Waals surface area contributed by atoms with Crippen molar-refractivity contribution in [3.8, 4) is 0 Å². The summed E-state index contributed by atoms with van der Waals surface area (Å²) >= 11 is 1.07. The predicted octanol–water partition coefficient (Wildman–Crippen LogP) is 2.81. The Labute approximate surface area is 133 Å². The van der Waals surface area contributed by atoms with Crippen molar-refractivity contribution in [3.05, 3.63) is 17.0 Å². The molecule has 1 aliphatic rings. The van der Waals surface area contributed by atoms with Gasteiger partial charge in [-0.1, -0.05) is 0 Å². The van der Waals surface area contributed by atoms with Crippen LogP contribution < -0.4 is 5.32 Å². The molecule has 0 aliphatic carbocycles. The van der Waals surface area contributed by atoms with Crippen molar-refractivity contribution in [2.24, 2.45) is 0 Å². The van der Waals surface area contributed by atoms with Gasteiger partial charge in [0, 0.05) is 28.6 Å². The quantitative estimate of drug-likeness (QED) is 0.800. The summed E-state index contributed by atoms with van der Waals surface area (Å²) in [4.78, 5) is 12.6. The molecule has 0 bridgehead atoms. The summed E-state index contributed by atoms with van der Waals surface area (Å²) in [6, 6.07) is 2.89. The second-order valence-corrected chi connectivity index (χ2v) is 8.97. The van der Waals surface area contributed by atoms with Crippen LogP contribution in [0.3, 0.4) is 0 Å². The number of ether oxygens (including phenoxy) is 1. The molecule has 5 nitrogen and oxygen atoms in total. The number of rotatable bonds is 6. The Morgan fingerprint density at radius 3 is 2.90 bits per heavy atom. The van der Waals surface area contributed by atoms with Crippen LogP contribution in [-0.4, -0.2) is 27.0 Å². The Kier molecular flexibility index (Phi) is 5.65. The van der Waals surface area contributed by atoms with Crippen molar-refractivity contribution in [2.75, 3.05) is 6.61 Å². The molecule has 1 saturated heterocycles. The molecule has 2 unspecified atom stereocenters. The van der Waals surface area contributed by atoms with Crippen molar-refractivity contribution < 1.29 is 17.9 Å². The summed E-state index contributed by atoms with van der Waals surface area (Å²) in [7, 11) is 1.58. The second-order valence-electron chi connectivity index (χ2n) is 5.06. The van der Waals surface area contributed by atoms with Gasteiger partial charge in [0.1, 0.15) is 4.21 Å². The Bertz CT molecular complexity index is 593. The van der Waals surface area contributed by atoms with Gasteiger partial charge in [-0.15, -0.1) is 11.3 Å². The summed E-state index contributed by atoms with van der Waals surface area (Å²) in [6.45, 7) is 2.61. The number of hydrogen-bond acceptors (Lipinski definition) is 5. The number of thiophene rings is 1. The van der Waals surface area contributed by atoms with Crippen LogP contribution in [0.15, 0.2) is 16.3 Å². The molecule has 0 spiro atoms. The molecule has 2 rings (SSSR count). The fourth-order valence-electron chi connectivity index (χ4n) is 2.25. The Balaban J connectivity index is 1.84. The lowest BCUT2D eigenvalue weighted by atomic mass is 10.1. The second kappa shape index (κ2) is 7.09. The van der Waals surface area contributed by atoms with E-state index in [1.54, 1.807) is 6.07 Å². The fourth-order valence-corrected chi connectivity index (χ4v) is 4.34. The zero-order valence-corrected chi connectivity index (χ0v) is 14.1. The summed E-state index contributed by atoms with van der Waals surface area (Å²) in [5.74, 6) is -0.0540. The molecule has 0 aromatic carbocycles. The van der Waals surface area contributed by atoms with Crippen LogP contribution in [0, 0.1) is 0 Å². The fraction of sp³-hybridized carbons (Fsp3) is 0.615. The summed E-state index contributed by atoms with van der Waals surface area (Å²) in [6.07, 6.45) is 3.42. The van der Waals surface area contributed by atoms with Crippen LogP contribution in [0.2, 0.25) is 0 Å². The zero-order valence-electron chi connectivity index (χ0n) is 11.7. The van der Waals surface area contributed by atoms with Gasteiger partial charge in [0.15, 0.2) is 0 Å². The highest BCUT2D eigenvalue weighted by molar-refractivity contribution is 8.15. The smallest absolute Gasteiger partial charge is 0.270 e. The van der Waals surface area contributed by atoms with Crippen molar-refractivity contribution in [1.29, 1.82) is 0 Å². The van der Waals surface area contributed by atoms with Crippen molar-refractivity contribution in [2.45, 2.75) is 49.0 Å². The van der Waals surface area contributed by atoms with E-state index < -0.39 is 9.05 Å². The van der Waals surface area contributed by atoms with Gasteiger partial charge in [0.05, 0.1) is 12.1 Å². The maximum Gasteiger partial charge on any atom is 0.270 e. The molecule has 1 N–H and O–H groups in total. The number of halogens is 1. The van der Waals surface area contributed by atoms with E-state index in [9.17, 15) is 13.2 Å². The van der Waals surface area contributed by atoms with E-state index in [1.165, 1.54) is 6.07 Å². The lowest BCUT2D eigenvalue weighted by molar-refractivity contribution is -0.122. The largest absolute Gasteiger partial charge is 0.378 e. The van der Waals surface area contributed by atoms with Gasteiger partial charge in [0.25, 0.3) is 9.05 Å². The molecule has 0 saturated carbocycles. The molecule has 21 heavy (non-hydrogen) atoms. The predicted molar refractivity (Wildman–Crippen MR) is 82.1 cm³/mol. The van der Waals surface area contributed by atoms with Crippen molar-refractivity contribution in [3.63, 3.8) is 0 Å². The average molecular weight is 352 g/mol. The molecule has 1 amide bonds. The highest BCUT2D eigenvalue weighted by Gasteiger charge is 2.19. The molecule has 2 heterocycles. The monoisotopic (exact) mass is 351 g/mol. The number of carbonyl (C=O) groups excluding carboxylic acids is 1. The first-order chi connectivity index (χ1) is 9.86. The number of hydrogen-bond donors (Lipinski definition) is 1. The highest BCUT2D eigenvalue weighted by Crippen LogP contribution is 2.28. The van der Waals surface area contributed by atoms with Gasteiger partial charge < -0.3 is 10.1 Å². The molecule has 118 valence electrons. The van der Waals surface area contributed by atoms with Gasteiger partial charge in [-0.05, 0) is 38.3 Å².